The summed E-state index contributed by atoms with van der Waals surface area (Å²) in [5.41, 5.74) is 2.07. The minimum Gasteiger partial charge on any atom is -0.289 e. The Labute approximate surface area is 168 Å². The first kappa shape index (κ1) is 19.9. The van der Waals surface area contributed by atoms with E-state index in [9.17, 15) is 13.2 Å². The molecule has 0 radical (unpaired) electrons. The molecule has 5 nitrogen and oxygen atoms in total. The van der Waals surface area contributed by atoms with E-state index >= 15 is 0 Å². The van der Waals surface area contributed by atoms with Crippen molar-refractivity contribution in [2.75, 3.05) is 0 Å². The van der Waals surface area contributed by atoms with Gasteiger partial charge in [0.05, 0.1) is 10.6 Å². The van der Waals surface area contributed by atoms with Crippen LogP contribution < -0.4 is 0 Å². The fourth-order valence-corrected chi connectivity index (χ4v) is 3.70. The van der Waals surface area contributed by atoms with Crippen molar-refractivity contribution in [3.05, 3.63) is 88.5 Å². The molecule has 0 spiro atoms. The van der Waals surface area contributed by atoms with Gasteiger partial charge in [0.15, 0.2) is 11.6 Å². The lowest BCUT2D eigenvalue weighted by Gasteiger charge is -2.10. The van der Waals surface area contributed by atoms with Crippen LogP contribution in [0.2, 0.25) is 5.02 Å². The minimum atomic E-state index is -4.00. The molecule has 0 saturated heterocycles. The van der Waals surface area contributed by atoms with Crippen LogP contribution in [-0.4, -0.2) is 25.7 Å². The van der Waals surface area contributed by atoms with Crippen LogP contribution in [0, 0.1) is 0 Å². The zero-order chi connectivity index (χ0) is 20.3. The molecule has 0 aromatic heterocycles. The number of benzene rings is 2. The SMILES string of the molecule is CC1=CC(=N/C(=N/S(=O)(=O)c2ccc(Cl)cc2)c2ccccc2)C=C(C)C1=O. The Morgan fingerprint density at radius 2 is 1.46 bits per heavy atom. The van der Waals surface area contributed by atoms with E-state index in [-0.39, 0.29) is 16.5 Å². The van der Waals surface area contributed by atoms with Gasteiger partial charge in [-0.2, -0.15) is 8.42 Å². The van der Waals surface area contributed by atoms with Crippen molar-refractivity contribution >= 4 is 39.0 Å². The number of carbonyl (C=O) groups is 1. The number of allylic oxidation sites excluding steroid dienone is 4. The van der Waals surface area contributed by atoms with Gasteiger partial charge in [0, 0.05) is 10.6 Å². The molecule has 0 atom stereocenters. The Bertz CT molecular complexity index is 1120. The highest BCUT2D eigenvalue weighted by molar-refractivity contribution is 7.90. The van der Waals surface area contributed by atoms with Crippen molar-refractivity contribution in [3.8, 4) is 0 Å². The lowest BCUT2D eigenvalue weighted by molar-refractivity contribution is -0.112. The fraction of sp³-hybridized carbons (Fsp3) is 0.0952. The normalized spacial score (nSPS) is 15.2. The van der Waals surface area contributed by atoms with Gasteiger partial charge in [-0.3, -0.25) is 4.79 Å². The first-order valence-corrected chi connectivity index (χ1v) is 10.2. The van der Waals surface area contributed by atoms with Gasteiger partial charge in [-0.15, -0.1) is 4.40 Å². The van der Waals surface area contributed by atoms with E-state index < -0.39 is 10.0 Å². The third kappa shape index (κ3) is 4.52. The largest absolute Gasteiger partial charge is 0.289 e. The van der Waals surface area contributed by atoms with Crippen LogP contribution in [0.15, 0.2) is 92.2 Å². The van der Waals surface area contributed by atoms with Crippen LogP contribution in [0.3, 0.4) is 0 Å². The van der Waals surface area contributed by atoms with Crippen LogP contribution in [0.4, 0.5) is 0 Å². The number of Topliss-reactive ketones (excluding diaryl/α,β-unsaturated/α-hetero) is 1. The van der Waals surface area contributed by atoms with Crippen LogP contribution in [0.25, 0.3) is 0 Å². The van der Waals surface area contributed by atoms with Crippen molar-refractivity contribution in [2.45, 2.75) is 18.7 Å². The number of amidine groups is 1. The van der Waals surface area contributed by atoms with E-state index in [0.29, 0.717) is 27.4 Å². The molecule has 0 amide bonds. The smallest absolute Gasteiger partial charge is 0.284 e. The van der Waals surface area contributed by atoms with E-state index in [1.807, 2.05) is 6.07 Å². The van der Waals surface area contributed by atoms with Gasteiger partial charge >= 0.3 is 0 Å². The standard InChI is InChI=1S/C21H17ClN2O3S/c1-14-12-18(13-15(2)20(14)25)23-21(16-6-4-3-5-7-16)24-28(26,27)19-10-8-17(22)9-11-19/h3-13H,1-2H3/b24-21+. The Balaban J connectivity index is 2.14. The molecule has 0 heterocycles. The zero-order valence-electron chi connectivity index (χ0n) is 15.3. The summed E-state index contributed by atoms with van der Waals surface area (Å²) in [6, 6.07) is 14.6. The topological polar surface area (TPSA) is 75.9 Å². The second-order valence-corrected chi connectivity index (χ2v) is 8.27. The average Bonchev–Trinajstić information content (AvgIpc) is 2.66. The lowest BCUT2D eigenvalue weighted by atomic mass is 9.98. The van der Waals surface area contributed by atoms with E-state index in [2.05, 4.69) is 9.39 Å². The average molecular weight is 413 g/mol. The summed E-state index contributed by atoms with van der Waals surface area (Å²) in [7, 11) is -4.00. The Morgan fingerprint density at radius 3 is 2.04 bits per heavy atom. The summed E-state index contributed by atoms with van der Waals surface area (Å²) >= 11 is 5.84. The lowest BCUT2D eigenvalue weighted by Crippen LogP contribution is -2.13. The van der Waals surface area contributed by atoms with E-state index in [0.717, 1.165) is 0 Å². The molecule has 0 saturated carbocycles. The summed E-state index contributed by atoms with van der Waals surface area (Å²) in [5.74, 6) is -0.0288. The molecule has 0 fully saturated rings. The Kier molecular flexibility index (Phi) is 5.72. The van der Waals surface area contributed by atoms with Crippen molar-refractivity contribution in [2.24, 2.45) is 9.39 Å². The molecule has 0 N–H and O–H groups in total. The Hall–Kier alpha value is -2.83. The van der Waals surface area contributed by atoms with Gasteiger partial charge in [0.1, 0.15) is 0 Å². The molecule has 0 unspecified atom stereocenters. The number of carbonyl (C=O) groups excluding carboxylic acids is 1. The number of rotatable bonds is 3. The Morgan fingerprint density at radius 1 is 0.893 bits per heavy atom. The fourth-order valence-electron chi connectivity index (χ4n) is 2.61. The number of sulfonamides is 1. The molecule has 3 rings (SSSR count). The first-order valence-electron chi connectivity index (χ1n) is 8.42. The van der Waals surface area contributed by atoms with E-state index in [1.54, 1.807) is 50.3 Å². The number of hydrogen-bond donors (Lipinski definition) is 0. The van der Waals surface area contributed by atoms with Gasteiger partial charge in [0.2, 0.25) is 0 Å². The van der Waals surface area contributed by atoms with Gasteiger partial charge in [-0.1, -0.05) is 41.9 Å². The maximum absolute atomic E-state index is 12.8. The summed E-state index contributed by atoms with van der Waals surface area (Å²) in [6.07, 6.45) is 3.23. The molecule has 1 aliphatic carbocycles. The summed E-state index contributed by atoms with van der Waals surface area (Å²) in [5, 5.41) is 0.430. The summed E-state index contributed by atoms with van der Waals surface area (Å²) < 4.78 is 29.5. The van der Waals surface area contributed by atoms with Gasteiger partial charge in [-0.25, -0.2) is 4.99 Å². The second-order valence-electron chi connectivity index (χ2n) is 6.23. The highest BCUT2D eigenvalue weighted by atomic mass is 35.5. The highest BCUT2D eigenvalue weighted by Gasteiger charge is 2.18. The van der Waals surface area contributed by atoms with Crippen LogP contribution in [0.1, 0.15) is 19.4 Å². The quantitative estimate of drug-likeness (QED) is 0.426. The molecular weight excluding hydrogens is 396 g/mol. The molecule has 7 heteroatoms. The second kappa shape index (κ2) is 8.04. The zero-order valence-corrected chi connectivity index (χ0v) is 16.8. The number of ketones is 1. The van der Waals surface area contributed by atoms with E-state index in [1.165, 1.54) is 24.3 Å². The van der Waals surface area contributed by atoms with Gasteiger partial charge < -0.3 is 0 Å². The van der Waals surface area contributed by atoms with Crippen molar-refractivity contribution in [3.63, 3.8) is 0 Å². The maximum atomic E-state index is 12.8. The number of hydrogen-bond acceptors (Lipinski definition) is 3. The van der Waals surface area contributed by atoms with Crippen molar-refractivity contribution in [1.29, 1.82) is 0 Å². The van der Waals surface area contributed by atoms with Crippen molar-refractivity contribution < 1.29 is 13.2 Å². The van der Waals surface area contributed by atoms with Crippen molar-refractivity contribution in [1.82, 2.24) is 0 Å². The minimum absolute atomic E-state index is 0.0165. The van der Waals surface area contributed by atoms with Crippen LogP contribution >= 0.6 is 11.6 Å². The molecule has 2 aromatic carbocycles. The predicted molar refractivity (Wildman–Crippen MR) is 112 cm³/mol. The number of aliphatic imine (C=N–C) groups is 1. The predicted octanol–water partition coefficient (Wildman–Crippen LogP) is 4.39. The molecule has 0 aliphatic heterocycles. The number of halogens is 1. The molecule has 142 valence electrons. The first-order chi connectivity index (χ1) is 13.3. The van der Waals surface area contributed by atoms with Crippen LogP contribution in [-0.2, 0) is 14.8 Å². The number of nitrogens with zero attached hydrogens (tertiary/aromatic N) is 2. The van der Waals surface area contributed by atoms with Gasteiger partial charge in [-0.05, 0) is 61.4 Å². The third-order valence-corrected chi connectivity index (χ3v) is 5.56. The van der Waals surface area contributed by atoms with Crippen LogP contribution in [0.5, 0.6) is 0 Å². The summed E-state index contributed by atoms with van der Waals surface area (Å²) in [4.78, 5) is 16.4. The maximum Gasteiger partial charge on any atom is 0.284 e. The van der Waals surface area contributed by atoms with E-state index in [4.69, 9.17) is 11.6 Å². The van der Waals surface area contributed by atoms with Gasteiger partial charge in [0.25, 0.3) is 10.0 Å². The monoisotopic (exact) mass is 412 g/mol. The molecule has 0 bridgehead atoms. The highest BCUT2D eigenvalue weighted by Crippen LogP contribution is 2.19. The molecular formula is C21H17ClN2O3S. The molecule has 1 aliphatic rings. The molecule has 28 heavy (non-hydrogen) atoms. The summed E-state index contributed by atoms with van der Waals surface area (Å²) in [6.45, 7) is 3.39. The molecule has 2 aromatic rings. The third-order valence-electron chi connectivity index (χ3n) is 4.03.